The number of allylic oxidation sites excluding steroid dienone is 1. The molecule has 0 aliphatic carbocycles. The largest absolute Gasteiger partial charge is 0.497 e. The van der Waals surface area contributed by atoms with Gasteiger partial charge in [-0.3, -0.25) is 4.99 Å². The van der Waals surface area contributed by atoms with Crippen LogP contribution in [0, 0.1) is 0 Å². The molecule has 0 aromatic heterocycles. The molecule has 0 unspecified atom stereocenters. The molecular weight excluding hydrogens is 195 g/mol. The van der Waals surface area contributed by atoms with Gasteiger partial charge in [0.05, 0.1) is 19.9 Å². The van der Waals surface area contributed by atoms with Crippen molar-refractivity contribution in [1.82, 2.24) is 0 Å². The first-order valence-electron chi connectivity index (χ1n) is 4.46. The van der Waals surface area contributed by atoms with E-state index in [1.165, 1.54) is 0 Å². The minimum absolute atomic E-state index is 0.422. The first-order valence-corrected chi connectivity index (χ1v) is 4.46. The average Bonchev–Trinajstić information content (AvgIpc) is 2.29. The highest BCUT2D eigenvalue weighted by molar-refractivity contribution is 5.75. The highest BCUT2D eigenvalue weighted by Crippen LogP contribution is 2.11. The lowest BCUT2D eigenvalue weighted by molar-refractivity contribution is 0.414. The van der Waals surface area contributed by atoms with Crippen molar-refractivity contribution in [1.29, 1.82) is 0 Å². The molecule has 0 heterocycles. The predicted molar refractivity (Wildman–Crippen MR) is 58.6 cm³/mol. The van der Waals surface area contributed by atoms with Gasteiger partial charge in [-0.2, -0.15) is 0 Å². The minimum Gasteiger partial charge on any atom is -0.497 e. The van der Waals surface area contributed by atoms with Crippen molar-refractivity contribution in [2.75, 3.05) is 7.11 Å². The molecular formula is C11H13FN2O. The second-order valence-corrected chi connectivity index (χ2v) is 2.87. The Morgan fingerprint density at radius 2 is 2.13 bits per heavy atom. The Balaban J connectivity index is 2.54. The maximum Gasteiger partial charge on any atom is 0.156 e. The van der Waals surface area contributed by atoms with Gasteiger partial charge in [-0.15, -0.1) is 0 Å². The average molecular weight is 208 g/mol. The van der Waals surface area contributed by atoms with E-state index in [2.05, 4.69) is 4.99 Å². The summed E-state index contributed by atoms with van der Waals surface area (Å²) in [6, 6.07) is 7.42. The van der Waals surface area contributed by atoms with Gasteiger partial charge in [0.15, 0.2) is 5.83 Å². The number of halogens is 1. The number of rotatable bonds is 4. The van der Waals surface area contributed by atoms with Gasteiger partial charge >= 0.3 is 0 Å². The van der Waals surface area contributed by atoms with Crippen LogP contribution in [0.2, 0.25) is 0 Å². The quantitative estimate of drug-likeness (QED) is 0.769. The number of aliphatic imine (C=N–C) groups is 1. The first-order chi connectivity index (χ1) is 7.26. The molecule has 1 rings (SSSR count). The van der Waals surface area contributed by atoms with Crippen LogP contribution in [-0.2, 0) is 6.54 Å². The van der Waals surface area contributed by atoms with Gasteiger partial charge in [-0.1, -0.05) is 12.1 Å². The van der Waals surface area contributed by atoms with Crippen LogP contribution in [0.5, 0.6) is 5.75 Å². The van der Waals surface area contributed by atoms with Gasteiger partial charge in [0.25, 0.3) is 0 Å². The fourth-order valence-electron chi connectivity index (χ4n) is 1.01. The molecule has 3 nitrogen and oxygen atoms in total. The van der Waals surface area contributed by atoms with Crippen LogP contribution in [0.15, 0.2) is 41.3 Å². The van der Waals surface area contributed by atoms with Gasteiger partial charge in [0.2, 0.25) is 0 Å². The molecule has 0 radical (unpaired) electrons. The lowest BCUT2D eigenvalue weighted by Crippen LogP contribution is -1.87. The van der Waals surface area contributed by atoms with Crippen molar-refractivity contribution < 1.29 is 9.13 Å². The second kappa shape index (κ2) is 5.80. The summed E-state index contributed by atoms with van der Waals surface area (Å²) in [6.07, 6.45) is 1.97. The molecule has 0 aliphatic rings. The van der Waals surface area contributed by atoms with Crippen molar-refractivity contribution in [2.45, 2.75) is 6.54 Å². The number of hydrogen-bond donors (Lipinski definition) is 1. The number of hydrogen-bond acceptors (Lipinski definition) is 3. The molecule has 0 spiro atoms. The zero-order chi connectivity index (χ0) is 11.1. The third kappa shape index (κ3) is 3.81. The van der Waals surface area contributed by atoms with E-state index in [9.17, 15) is 4.39 Å². The van der Waals surface area contributed by atoms with Crippen LogP contribution in [0.4, 0.5) is 4.39 Å². The Morgan fingerprint density at radius 1 is 1.47 bits per heavy atom. The molecule has 0 amide bonds. The van der Waals surface area contributed by atoms with E-state index in [0.29, 0.717) is 6.54 Å². The number of ether oxygens (including phenoxy) is 1. The molecule has 0 bridgehead atoms. The van der Waals surface area contributed by atoms with E-state index in [0.717, 1.165) is 23.7 Å². The molecule has 2 N–H and O–H groups in total. The molecule has 4 heteroatoms. The molecule has 80 valence electrons. The van der Waals surface area contributed by atoms with E-state index < -0.39 is 5.83 Å². The predicted octanol–water partition coefficient (Wildman–Crippen LogP) is 2.04. The van der Waals surface area contributed by atoms with Crippen LogP contribution in [-0.4, -0.2) is 13.3 Å². The summed E-state index contributed by atoms with van der Waals surface area (Å²) in [7, 11) is 1.61. The van der Waals surface area contributed by atoms with Gasteiger partial charge in [-0.25, -0.2) is 4.39 Å². The van der Waals surface area contributed by atoms with E-state index in [1.807, 2.05) is 24.3 Å². The highest BCUT2D eigenvalue weighted by atomic mass is 19.1. The standard InChI is InChI=1S/C11H13FN2O/c1-15-11-4-2-9(3-5-11)7-14-8-10(12)6-13/h2-6,8H,7,13H2,1H3/b10-6+,14-8?. The summed E-state index contributed by atoms with van der Waals surface area (Å²) >= 11 is 0. The fraction of sp³-hybridized carbons (Fsp3) is 0.182. The zero-order valence-corrected chi connectivity index (χ0v) is 8.48. The Labute approximate surface area is 88.1 Å². The summed E-state index contributed by atoms with van der Waals surface area (Å²) in [5.74, 6) is 0.249. The molecule has 0 saturated carbocycles. The summed E-state index contributed by atoms with van der Waals surface area (Å²) in [4.78, 5) is 3.88. The van der Waals surface area contributed by atoms with Crippen molar-refractivity contribution in [3.63, 3.8) is 0 Å². The Kier molecular flexibility index (Phi) is 4.34. The SMILES string of the molecule is COc1ccc(CN=C/C(F)=C\N)cc1. The van der Waals surface area contributed by atoms with Crippen molar-refractivity contribution in [2.24, 2.45) is 10.7 Å². The number of nitrogens with zero attached hydrogens (tertiary/aromatic N) is 1. The van der Waals surface area contributed by atoms with Crippen LogP contribution >= 0.6 is 0 Å². The molecule has 0 fully saturated rings. The van der Waals surface area contributed by atoms with Crippen LogP contribution in [0.25, 0.3) is 0 Å². The molecule has 1 aromatic carbocycles. The van der Waals surface area contributed by atoms with Crippen molar-refractivity contribution in [3.8, 4) is 5.75 Å². The van der Waals surface area contributed by atoms with Crippen molar-refractivity contribution in [3.05, 3.63) is 41.9 Å². The van der Waals surface area contributed by atoms with Gasteiger partial charge < -0.3 is 10.5 Å². The third-order valence-electron chi connectivity index (χ3n) is 1.81. The monoisotopic (exact) mass is 208 g/mol. The van der Waals surface area contributed by atoms with Crippen LogP contribution in [0.1, 0.15) is 5.56 Å². The summed E-state index contributed by atoms with van der Waals surface area (Å²) in [5.41, 5.74) is 5.93. The topological polar surface area (TPSA) is 47.6 Å². The van der Waals surface area contributed by atoms with Gasteiger partial charge in [-0.05, 0) is 17.7 Å². The molecule has 1 aromatic rings. The smallest absolute Gasteiger partial charge is 0.156 e. The zero-order valence-electron chi connectivity index (χ0n) is 8.48. The van der Waals surface area contributed by atoms with E-state index >= 15 is 0 Å². The fourth-order valence-corrected chi connectivity index (χ4v) is 1.01. The summed E-state index contributed by atoms with van der Waals surface area (Å²) in [6.45, 7) is 0.422. The van der Waals surface area contributed by atoms with E-state index in [-0.39, 0.29) is 0 Å². The second-order valence-electron chi connectivity index (χ2n) is 2.87. The van der Waals surface area contributed by atoms with Gasteiger partial charge in [0.1, 0.15) is 5.75 Å². The number of benzene rings is 1. The Morgan fingerprint density at radius 3 is 2.67 bits per heavy atom. The number of methoxy groups -OCH3 is 1. The minimum atomic E-state index is -0.538. The maximum absolute atomic E-state index is 12.5. The Hall–Kier alpha value is -1.84. The molecule has 0 saturated heterocycles. The summed E-state index contributed by atoms with van der Waals surface area (Å²) < 4.78 is 17.5. The first kappa shape index (κ1) is 11.2. The van der Waals surface area contributed by atoms with E-state index in [4.69, 9.17) is 10.5 Å². The summed E-state index contributed by atoms with van der Waals surface area (Å²) in [5, 5.41) is 0. The maximum atomic E-state index is 12.5. The van der Waals surface area contributed by atoms with Crippen molar-refractivity contribution >= 4 is 6.21 Å². The van der Waals surface area contributed by atoms with Gasteiger partial charge in [0, 0.05) is 6.20 Å². The van der Waals surface area contributed by atoms with E-state index in [1.54, 1.807) is 7.11 Å². The van der Waals surface area contributed by atoms with Crippen LogP contribution in [0.3, 0.4) is 0 Å². The normalized spacial score (nSPS) is 12.0. The van der Waals surface area contributed by atoms with Crippen LogP contribution < -0.4 is 10.5 Å². The molecule has 0 atom stereocenters. The highest BCUT2D eigenvalue weighted by Gasteiger charge is 1.92. The molecule has 15 heavy (non-hydrogen) atoms. The number of nitrogens with two attached hydrogens (primary N) is 1. The lowest BCUT2D eigenvalue weighted by atomic mass is 10.2. The lowest BCUT2D eigenvalue weighted by Gasteiger charge is -2.00. The molecule has 0 aliphatic heterocycles. The third-order valence-corrected chi connectivity index (χ3v) is 1.81. The Bertz CT molecular complexity index is 357.